The molecule has 224 valence electrons. The van der Waals surface area contributed by atoms with E-state index in [1.165, 1.54) is 6.08 Å². The maximum absolute atomic E-state index is 14.0. The first-order chi connectivity index (χ1) is 20.4. The third-order valence-electron chi connectivity index (χ3n) is 8.30. The van der Waals surface area contributed by atoms with E-state index < -0.39 is 11.8 Å². The minimum Gasteiger partial charge on any atom is -0.497 e. The van der Waals surface area contributed by atoms with Gasteiger partial charge >= 0.3 is 0 Å². The van der Waals surface area contributed by atoms with E-state index in [0.717, 1.165) is 38.5 Å². The number of ketones is 2. The van der Waals surface area contributed by atoms with E-state index in [-0.39, 0.29) is 36.2 Å². The fraction of sp³-hybridized carbons (Fsp3) is 0.471. The van der Waals surface area contributed by atoms with Crippen LogP contribution in [0.15, 0.2) is 60.7 Å². The second kappa shape index (κ2) is 15.3. The highest BCUT2D eigenvalue weighted by Gasteiger charge is 2.35. The molecule has 2 aromatic carbocycles. The Morgan fingerprint density at radius 2 is 1.19 bits per heavy atom. The third-order valence-corrected chi connectivity index (χ3v) is 8.30. The number of Topliss-reactive ketones (excluding diaryl/α,β-unsaturated/α-hetero) is 1. The van der Waals surface area contributed by atoms with Gasteiger partial charge in [-0.2, -0.15) is 0 Å². The largest absolute Gasteiger partial charge is 0.497 e. The molecule has 0 aromatic heterocycles. The zero-order valence-electron chi connectivity index (χ0n) is 24.8. The lowest BCUT2D eigenvalue weighted by Crippen LogP contribution is -2.43. The molecule has 0 spiro atoms. The van der Waals surface area contributed by atoms with Gasteiger partial charge in [0.1, 0.15) is 11.5 Å². The van der Waals surface area contributed by atoms with Gasteiger partial charge in [0.2, 0.25) is 11.8 Å². The van der Waals surface area contributed by atoms with Crippen molar-refractivity contribution < 1.29 is 28.7 Å². The Labute approximate surface area is 248 Å². The molecule has 42 heavy (non-hydrogen) atoms. The molecule has 0 N–H and O–H groups in total. The van der Waals surface area contributed by atoms with Gasteiger partial charge < -0.3 is 19.3 Å². The predicted molar refractivity (Wildman–Crippen MR) is 161 cm³/mol. The van der Waals surface area contributed by atoms with Crippen LogP contribution >= 0.6 is 0 Å². The molecule has 4 rings (SSSR count). The normalized spacial score (nSPS) is 17.0. The van der Waals surface area contributed by atoms with Crippen molar-refractivity contribution in [1.29, 1.82) is 0 Å². The Hall–Kier alpha value is -3.94. The molecule has 0 bridgehead atoms. The van der Waals surface area contributed by atoms with Crippen LogP contribution in [0.4, 0.5) is 0 Å². The summed E-state index contributed by atoms with van der Waals surface area (Å²) in [4.78, 5) is 57.9. The second-order valence-electron chi connectivity index (χ2n) is 11.1. The summed E-state index contributed by atoms with van der Waals surface area (Å²) in [5, 5.41) is 0. The van der Waals surface area contributed by atoms with Gasteiger partial charge in [-0.3, -0.25) is 19.2 Å². The molecule has 0 saturated carbocycles. The van der Waals surface area contributed by atoms with E-state index in [1.807, 2.05) is 9.80 Å². The minimum atomic E-state index is -0.791. The molecule has 0 radical (unpaired) electrons. The molecule has 2 amide bonds. The lowest BCUT2D eigenvalue weighted by atomic mass is 9.81. The van der Waals surface area contributed by atoms with E-state index in [2.05, 4.69) is 0 Å². The average molecular weight is 575 g/mol. The van der Waals surface area contributed by atoms with Gasteiger partial charge in [0.05, 0.1) is 20.1 Å². The van der Waals surface area contributed by atoms with Crippen molar-refractivity contribution >= 4 is 23.4 Å². The number of carbonyl (C=O) groups is 4. The summed E-state index contributed by atoms with van der Waals surface area (Å²) in [6.45, 7) is 2.65. The number of ether oxygens (including phenoxy) is 2. The summed E-state index contributed by atoms with van der Waals surface area (Å²) in [5.41, 5.74) is 0.958. The van der Waals surface area contributed by atoms with Crippen LogP contribution in [0.5, 0.6) is 11.5 Å². The number of nitrogens with zero attached hydrogens (tertiary/aromatic N) is 2. The van der Waals surface area contributed by atoms with Crippen LogP contribution in [0.1, 0.15) is 72.1 Å². The van der Waals surface area contributed by atoms with Gasteiger partial charge in [0.25, 0.3) is 0 Å². The van der Waals surface area contributed by atoms with Gasteiger partial charge in [-0.15, -0.1) is 0 Å². The molecule has 2 saturated heterocycles. The molecule has 2 aliphatic rings. The topological polar surface area (TPSA) is 93.2 Å². The summed E-state index contributed by atoms with van der Waals surface area (Å²) >= 11 is 0. The lowest BCUT2D eigenvalue weighted by Gasteiger charge is -2.34. The number of amides is 2. The molecule has 8 nitrogen and oxygen atoms in total. The van der Waals surface area contributed by atoms with Crippen LogP contribution in [-0.2, 0) is 9.59 Å². The first-order valence-electron chi connectivity index (χ1n) is 15.0. The van der Waals surface area contributed by atoms with Crippen molar-refractivity contribution in [2.24, 2.45) is 11.8 Å². The van der Waals surface area contributed by atoms with Crippen LogP contribution in [0.25, 0.3) is 0 Å². The van der Waals surface area contributed by atoms with Crippen LogP contribution < -0.4 is 9.47 Å². The van der Waals surface area contributed by atoms with Crippen molar-refractivity contribution in [3.8, 4) is 11.5 Å². The number of rotatable bonds is 12. The van der Waals surface area contributed by atoms with Gasteiger partial charge in [-0.05, 0) is 99.0 Å². The Bertz CT molecular complexity index is 1240. The molecule has 2 atom stereocenters. The number of methoxy groups -OCH3 is 2. The minimum absolute atomic E-state index is 0.0111. The molecule has 2 unspecified atom stereocenters. The number of likely N-dealkylation sites (tertiary alicyclic amines) is 2. The van der Waals surface area contributed by atoms with Gasteiger partial charge in [0.15, 0.2) is 11.6 Å². The number of hydrogen-bond donors (Lipinski definition) is 0. The smallest absolute Gasteiger partial charge is 0.229 e. The molecular formula is C34H42N2O6. The highest BCUT2D eigenvalue weighted by molar-refractivity contribution is 6.05. The van der Waals surface area contributed by atoms with Crippen molar-refractivity contribution in [2.45, 2.75) is 51.4 Å². The Morgan fingerprint density at radius 1 is 0.690 bits per heavy atom. The summed E-state index contributed by atoms with van der Waals surface area (Å²) in [6.07, 6.45) is 9.00. The second-order valence-corrected chi connectivity index (χ2v) is 11.1. The van der Waals surface area contributed by atoms with Crippen LogP contribution in [0, 0.1) is 11.8 Å². The van der Waals surface area contributed by atoms with Crippen molar-refractivity contribution in [1.82, 2.24) is 9.80 Å². The fourth-order valence-electron chi connectivity index (χ4n) is 5.76. The monoisotopic (exact) mass is 574 g/mol. The Balaban J connectivity index is 1.64. The zero-order valence-corrected chi connectivity index (χ0v) is 24.8. The average Bonchev–Trinajstić information content (AvgIpc) is 3.05. The first-order valence-corrected chi connectivity index (χ1v) is 15.0. The van der Waals surface area contributed by atoms with Gasteiger partial charge in [-0.25, -0.2) is 0 Å². The van der Waals surface area contributed by atoms with Crippen LogP contribution in [0.2, 0.25) is 0 Å². The molecule has 2 fully saturated rings. The van der Waals surface area contributed by atoms with E-state index in [1.54, 1.807) is 68.8 Å². The van der Waals surface area contributed by atoms with E-state index >= 15 is 0 Å². The molecular weight excluding hydrogens is 532 g/mol. The van der Waals surface area contributed by atoms with Crippen LogP contribution in [0.3, 0.4) is 0 Å². The zero-order chi connectivity index (χ0) is 29.9. The quantitative estimate of drug-likeness (QED) is 0.250. The van der Waals surface area contributed by atoms with Crippen molar-refractivity contribution in [3.05, 3.63) is 71.8 Å². The summed E-state index contributed by atoms with van der Waals surface area (Å²) in [5.74, 6) is -0.689. The van der Waals surface area contributed by atoms with E-state index in [9.17, 15) is 19.2 Å². The molecule has 2 heterocycles. The highest BCUT2D eigenvalue weighted by atomic mass is 16.5. The number of allylic oxidation sites excluding steroid dienone is 1. The number of carbonyl (C=O) groups excluding carboxylic acids is 4. The van der Waals surface area contributed by atoms with Gasteiger partial charge in [0, 0.05) is 50.1 Å². The van der Waals surface area contributed by atoms with Crippen molar-refractivity contribution in [2.75, 3.05) is 40.4 Å². The van der Waals surface area contributed by atoms with Gasteiger partial charge in [-0.1, -0.05) is 6.08 Å². The molecule has 0 aliphatic carbocycles. The number of hydrogen-bond acceptors (Lipinski definition) is 6. The Morgan fingerprint density at radius 3 is 1.71 bits per heavy atom. The number of piperidine rings is 2. The number of benzene rings is 2. The van der Waals surface area contributed by atoms with E-state index in [4.69, 9.17) is 9.47 Å². The molecule has 2 aliphatic heterocycles. The summed E-state index contributed by atoms with van der Waals surface area (Å²) in [6, 6.07) is 13.6. The third kappa shape index (κ3) is 8.30. The lowest BCUT2D eigenvalue weighted by molar-refractivity contribution is -0.138. The van der Waals surface area contributed by atoms with Crippen molar-refractivity contribution in [3.63, 3.8) is 0 Å². The highest BCUT2D eigenvalue weighted by Crippen LogP contribution is 2.29. The van der Waals surface area contributed by atoms with E-state index in [0.29, 0.717) is 48.8 Å². The fourth-order valence-corrected chi connectivity index (χ4v) is 5.76. The first kappa shape index (κ1) is 31.0. The maximum atomic E-state index is 14.0. The summed E-state index contributed by atoms with van der Waals surface area (Å²) in [7, 11) is 3.13. The molecule has 2 aromatic rings. The maximum Gasteiger partial charge on any atom is 0.229 e. The SMILES string of the molecule is COc1ccc(C(=O)/C=C\C(C(=O)N2CCCCC2)C(CC(=O)c2ccc(OC)cc2)CC(=O)N2CCCCC2)cc1. The predicted octanol–water partition coefficient (Wildman–Crippen LogP) is 5.36. The molecule has 8 heteroatoms. The summed E-state index contributed by atoms with van der Waals surface area (Å²) < 4.78 is 10.4. The van der Waals surface area contributed by atoms with Crippen LogP contribution in [-0.4, -0.2) is 73.6 Å². The Kier molecular flexibility index (Phi) is 11.3. The standard InChI is InChI=1S/C34H42N2O6/c1-41-28-13-9-25(10-14-28)31(37)18-17-30(34(40)36-21-7-4-8-22-36)27(24-33(39)35-19-5-3-6-20-35)23-32(38)26-11-15-29(42-2)16-12-26/h9-18,27,30H,3-8,19-24H2,1-2H3/b18-17-.